The average molecular weight is 490 g/mol. The van der Waals surface area contributed by atoms with Crippen LogP contribution < -0.4 is 20.7 Å². The van der Waals surface area contributed by atoms with Crippen LogP contribution >= 0.6 is 0 Å². The average Bonchev–Trinajstić information content (AvgIpc) is 2.85. The predicted octanol–water partition coefficient (Wildman–Crippen LogP) is 6.48. The summed E-state index contributed by atoms with van der Waals surface area (Å²) in [7, 11) is 3.39. The Morgan fingerprint density at radius 3 is 2.31 bits per heavy atom. The highest BCUT2D eigenvalue weighted by atomic mass is 16.5. The highest BCUT2D eigenvalue weighted by Gasteiger charge is 2.19. The summed E-state index contributed by atoms with van der Waals surface area (Å²) in [6, 6.07) is 12.4. The number of anilines is 2. The fraction of sp³-hybridized carbons (Fsp3) is 0.333. The van der Waals surface area contributed by atoms with E-state index in [0.29, 0.717) is 34.2 Å². The van der Waals surface area contributed by atoms with E-state index in [4.69, 9.17) is 4.74 Å². The third kappa shape index (κ3) is 7.60. The number of rotatable bonds is 10. The second-order valence-corrected chi connectivity index (χ2v) is 9.21. The Labute approximate surface area is 215 Å². The number of aryl methyl sites for hydroxylation is 1. The number of amides is 2. The van der Waals surface area contributed by atoms with E-state index in [1.165, 1.54) is 0 Å². The van der Waals surface area contributed by atoms with E-state index in [9.17, 15) is 9.59 Å². The molecule has 0 saturated heterocycles. The van der Waals surface area contributed by atoms with E-state index >= 15 is 0 Å². The van der Waals surface area contributed by atoms with E-state index < -0.39 is 0 Å². The summed E-state index contributed by atoms with van der Waals surface area (Å²) in [4.78, 5) is 26.2. The summed E-state index contributed by atoms with van der Waals surface area (Å²) in [6.07, 6.45) is 6.05. The van der Waals surface area contributed by atoms with Crippen molar-refractivity contribution in [2.75, 3.05) is 24.8 Å². The normalized spacial score (nSPS) is 12.6. The summed E-state index contributed by atoms with van der Waals surface area (Å²) >= 11 is 0. The Morgan fingerprint density at radius 2 is 1.72 bits per heavy atom. The van der Waals surface area contributed by atoms with Gasteiger partial charge in [0, 0.05) is 29.7 Å². The number of nitrogens with one attached hydrogen (secondary N) is 3. The molecule has 6 heteroatoms. The Balaban J connectivity index is 2.32. The standard InChI is InChI=1S/C30H39N3O3/c1-9-25(28(31-7)26(20(4)5)16-13-19(2)3)30(35)33-27-18-23(15-14-21(27)6)32-29(34)22-11-10-12-24(17-22)36-8/h9-20,31H,1-8H3,(H,32,34)(H,33,35)/b16-13-,25-9+,28-26+. The van der Waals surface area contributed by atoms with Crippen LogP contribution in [0.3, 0.4) is 0 Å². The van der Waals surface area contributed by atoms with Gasteiger partial charge in [-0.25, -0.2) is 0 Å². The largest absolute Gasteiger partial charge is 0.497 e. The van der Waals surface area contributed by atoms with Gasteiger partial charge in [0.2, 0.25) is 0 Å². The molecule has 0 radical (unpaired) electrons. The number of ether oxygens (including phenoxy) is 1. The Bertz CT molecular complexity index is 1170. The van der Waals surface area contributed by atoms with Crippen LogP contribution in [0.1, 0.15) is 50.5 Å². The molecule has 0 heterocycles. The molecule has 0 atom stereocenters. The summed E-state index contributed by atoms with van der Waals surface area (Å²) in [5.74, 6) is 0.746. The molecule has 0 saturated carbocycles. The lowest BCUT2D eigenvalue weighted by molar-refractivity contribution is -0.112. The zero-order valence-corrected chi connectivity index (χ0v) is 22.7. The van der Waals surface area contributed by atoms with Gasteiger partial charge in [0.15, 0.2) is 0 Å². The van der Waals surface area contributed by atoms with Gasteiger partial charge >= 0.3 is 0 Å². The van der Waals surface area contributed by atoms with Crippen LogP contribution in [-0.4, -0.2) is 26.0 Å². The van der Waals surface area contributed by atoms with Crippen LogP contribution in [-0.2, 0) is 4.79 Å². The number of carbonyl (C=O) groups is 2. The van der Waals surface area contributed by atoms with Gasteiger partial charge in [-0.1, -0.05) is 58.1 Å². The summed E-state index contributed by atoms with van der Waals surface area (Å²) < 4.78 is 5.21. The first kappa shape index (κ1) is 28.4. The summed E-state index contributed by atoms with van der Waals surface area (Å²) in [5, 5.41) is 9.16. The maximum Gasteiger partial charge on any atom is 0.257 e. The molecule has 192 valence electrons. The van der Waals surface area contributed by atoms with Crippen molar-refractivity contribution >= 4 is 23.2 Å². The molecule has 2 rings (SSSR count). The van der Waals surface area contributed by atoms with Gasteiger partial charge in [-0.05, 0) is 67.2 Å². The van der Waals surface area contributed by atoms with Crippen LogP contribution in [0, 0.1) is 18.8 Å². The fourth-order valence-corrected chi connectivity index (χ4v) is 3.68. The lowest BCUT2D eigenvalue weighted by Crippen LogP contribution is -2.23. The first-order chi connectivity index (χ1) is 17.1. The van der Waals surface area contributed by atoms with Crippen LogP contribution in [0.4, 0.5) is 11.4 Å². The van der Waals surface area contributed by atoms with Gasteiger partial charge in [0.1, 0.15) is 5.75 Å². The van der Waals surface area contributed by atoms with E-state index in [1.807, 2.05) is 39.1 Å². The summed E-state index contributed by atoms with van der Waals surface area (Å²) in [6.45, 7) is 12.2. The van der Waals surface area contributed by atoms with Gasteiger partial charge in [-0.3, -0.25) is 9.59 Å². The topological polar surface area (TPSA) is 79.5 Å². The first-order valence-electron chi connectivity index (χ1n) is 12.2. The number of benzene rings is 2. The molecule has 0 aliphatic rings. The van der Waals surface area contributed by atoms with Crippen molar-refractivity contribution in [2.24, 2.45) is 11.8 Å². The lowest BCUT2D eigenvalue weighted by atomic mass is 9.95. The Hall–Kier alpha value is -3.80. The number of allylic oxidation sites excluding steroid dienone is 4. The first-order valence-corrected chi connectivity index (χ1v) is 12.2. The Morgan fingerprint density at radius 1 is 1.00 bits per heavy atom. The maximum atomic E-state index is 13.4. The quantitative estimate of drug-likeness (QED) is 0.263. The van der Waals surface area contributed by atoms with Gasteiger partial charge in [0.05, 0.1) is 12.7 Å². The molecule has 0 aliphatic heterocycles. The molecule has 2 aromatic carbocycles. The third-order valence-corrected chi connectivity index (χ3v) is 5.70. The fourth-order valence-electron chi connectivity index (χ4n) is 3.68. The van der Waals surface area contributed by atoms with Crippen LogP contribution in [0.25, 0.3) is 0 Å². The van der Waals surface area contributed by atoms with Crippen molar-refractivity contribution in [1.29, 1.82) is 0 Å². The molecule has 36 heavy (non-hydrogen) atoms. The number of methoxy groups -OCH3 is 1. The molecule has 0 aliphatic carbocycles. The zero-order valence-electron chi connectivity index (χ0n) is 22.7. The molecular formula is C30H39N3O3. The number of likely N-dealkylation sites (N-methyl/N-ethyl adjacent to an activating group) is 1. The molecule has 2 aromatic rings. The van der Waals surface area contributed by atoms with Gasteiger partial charge in [-0.15, -0.1) is 0 Å². The minimum atomic E-state index is -0.261. The SMILES string of the molecule is C\C=C(C(=O)Nc1cc(NC(=O)c2cccc(OC)c2)ccc1C)/C(NC)=C(/C=C\C(C)C)C(C)C. The highest BCUT2D eigenvalue weighted by molar-refractivity contribution is 6.08. The second kappa shape index (κ2) is 13.3. The second-order valence-electron chi connectivity index (χ2n) is 9.21. The van der Waals surface area contributed by atoms with Crippen molar-refractivity contribution in [1.82, 2.24) is 5.32 Å². The van der Waals surface area contributed by atoms with Crippen LogP contribution in [0.15, 0.2) is 77.5 Å². The lowest BCUT2D eigenvalue weighted by Gasteiger charge is -2.19. The van der Waals surface area contributed by atoms with Crippen molar-refractivity contribution in [3.8, 4) is 5.75 Å². The molecule has 0 aromatic heterocycles. The monoisotopic (exact) mass is 489 g/mol. The van der Waals surface area contributed by atoms with E-state index in [-0.39, 0.29) is 17.7 Å². The molecule has 6 nitrogen and oxygen atoms in total. The molecule has 0 fully saturated rings. The third-order valence-electron chi connectivity index (χ3n) is 5.70. The minimum absolute atomic E-state index is 0.224. The van der Waals surface area contributed by atoms with Gasteiger partial charge in [-0.2, -0.15) is 0 Å². The van der Waals surface area contributed by atoms with Crippen LogP contribution in [0.5, 0.6) is 5.75 Å². The minimum Gasteiger partial charge on any atom is -0.497 e. The molecule has 0 bridgehead atoms. The van der Waals surface area contributed by atoms with Crippen molar-refractivity contribution < 1.29 is 14.3 Å². The number of hydrogen-bond acceptors (Lipinski definition) is 4. The van der Waals surface area contributed by atoms with Gasteiger partial charge < -0.3 is 20.7 Å². The molecule has 0 spiro atoms. The van der Waals surface area contributed by atoms with E-state index in [0.717, 1.165) is 16.8 Å². The van der Waals surface area contributed by atoms with Crippen molar-refractivity contribution in [3.63, 3.8) is 0 Å². The molecule has 0 unspecified atom stereocenters. The predicted molar refractivity (Wildman–Crippen MR) is 149 cm³/mol. The van der Waals surface area contributed by atoms with Crippen molar-refractivity contribution in [2.45, 2.75) is 41.5 Å². The Kier molecular flexibility index (Phi) is 10.5. The van der Waals surface area contributed by atoms with Crippen LogP contribution in [0.2, 0.25) is 0 Å². The summed E-state index contributed by atoms with van der Waals surface area (Å²) in [5.41, 5.74) is 4.99. The van der Waals surface area contributed by atoms with E-state index in [1.54, 1.807) is 37.4 Å². The maximum absolute atomic E-state index is 13.4. The molecule has 3 N–H and O–H groups in total. The van der Waals surface area contributed by atoms with E-state index in [2.05, 4.69) is 55.8 Å². The number of hydrogen-bond donors (Lipinski definition) is 3. The molecule has 2 amide bonds. The smallest absolute Gasteiger partial charge is 0.257 e. The highest BCUT2D eigenvalue weighted by Crippen LogP contribution is 2.25. The van der Waals surface area contributed by atoms with Gasteiger partial charge in [0.25, 0.3) is 11.8 Å². The van der Waals surface area contributed by atoms with Crippen molar-refractivity contribution in [3.05, 3.63) is 88.7 Å². The molecular weight excluding hydrogens is 450 g/mol. The number of carbonyl (C=O) groups excluding carboxylic acids is 2. The zero-order chi connectivity index (χ0) is 26.8.